The number of halogens is 1. The number of benzene rings is 1. The van der Waals surface area contributed by atoms with Gasteiger partial charge in [0.2, 0.25) is 0 Å². The molecule has 1 aromatic heterocycles. The summed E-state index contributed by atoms with van der Waals surface area (Å²) in [6.45, 7) is 3.74. The van der Waals surface area contributed by atoms with Gasteiger partial charge in [-0.15, -0.1) is 10.2 Å². The molecule has 7 heteroatoms. The summed E-state index contributed by atoms with van der Waals surface area (Å²) >= 11 is 0. The third-order valence-electron chi connectivity index (χ3n) is 2.91. The van der Waals surface area contributed by atoms with Crippen molar-refractivity contribution >= 4 is 0 Å². The minimum Gasteiger partial charge on any atom is -0.496 e. The number of ether oxygens (including phenoxy) is 1. The van der Waals surface area contributed by atoms with Crippen LogP contribution in [0.25, 0.3) is 0 Å². The van der Waals surface area contributed by atoms with Gasteiger partial charge in [0.05, 0.1) is 13.2 Å². The number of rotatable bonds is 5. The summed E-state index contributed by atoms with van der Waals surface area (Å²) in [5.74, 6) is 0.738. The molecule has 19 heavy (non-hydrogen) atoms. The van der Waals surface area contributed by atoms with Gasteiger partial charge in [-0.1, -0.05) is 11.3 Å². The normalized spacial score (nSPS) is 14.1. The lowest BCUT2D eigenvalue weighted by Gasteiger charge is -2.20. The molecule has 0 amide bonds. The van der Waals surface area contributed by atoms with Crippen molar-refractivity contribution in [1.82, 2.24) is 25.9 Å². The van der Waals surface area contributed by atoms with Gasteiger partial charge >= 0.3 is 0 Å². The second-order valence-electron chi connectivity index (χ2n) is 4.24. The van der Waals surface area contributed by atoms with Crippen LogP contribution in [0.2, 0.25) is 0 Å². The van der Waals surface area contributed by atoms with Crippen LogP contribution in [0.5, 0.6) is 5.75 Å². The zero-order chi connectivity index (χ0) is 13.8. The van der Waals surface area contributed by atoms with Crippen LogP contribution in [-0.2, 0) is 0 Å². The highest BCUT2D eigenvalue weighted by Gasteiger charge is 2.20. The van der Waals surface area contributed by atoms with Gasteiger partial charge < -0.3 is 10.1 Å². The van der Waals surface area contributed by atoms with E-state index >= 15 is 0 Å². The van der Waals surface area contributed by atoms with Crippen molar-refractivity contribution in [1.29, 1.82) is 0 Å². The number of aromatic amines is 1. The molecule has 2 aromatic rings. The molecule has 102 valence electrons. The van der Waals surface area contributed by atoms with Crippen molar-refractivity contribution in [3.63, 3.8) is 0 Å². The van der Waals surface area contributed by atoms with Gasteiger partial charge in [-0.3, -0.25) is 0 Å². The van der Waals surface area contributed by atoms with Gasteiger partial charge in [0, 0.05) is 11.6 Å². The highest BCUT2D eigenvalue weighted by molar-refractivity contribution is 5.37. The molecular formula is C12H16FN5O. The first-order chi connectivity index (χ1) is 9.13. The first-order valence-corrected chi connectivity index (χ1v) is 5.95. The van der Waals surface area contributed by atoms with E-state index < -0.39 is 0 Å². The van der Waals surface area contributed by atoms with Crippen LogP contribution < -0.4 is 10.1 Å². The molecule has 1 aromatic carbocycles. The third kappa shape index (κ3) is 2.87. The second kappa shape index (κ2) is 5.75. The number of nitrogens with zero attached hydrogens (tertiary/aromatic N) is 3. The van der Waals surface area contributed by atoms with Gasteiger partial charge in [0.25, 0.3) is 0 Å². The summed E-state index contributed by atoms with van der Waals surface area (Å²) in [4.78, 5) is 0. The SMILES string of the molecule is COc1cccc(F)c1C(C)NC(C)c1nn[nH]n1. The van der Waals surface area contributed by atoms with Crippen LogP contribution >= 0.6 is 0 Å². The molecule has 0 saturated carbocycles. The van der Waals surface area contributed by atoms with E-state index in [1.54, 1.807) is 12.1 Å². The molecule has 1 heterocycles. The lowest BCUT2D eigenvalue weighted by atomic mass is 10.1. The molecule has 6 nitrogen and oxygen atoms in total. The van der Waals surface area contributed by atoms with Crippen LogP contribution in [0.4, 0.5) is 4.39 Å². The number of hydrogen-bond acceptors (Lipinski definition) is 5. The average Bonchev–Trinajstić information content (AvgIpc) is 2.92. The number of H-pyrrole nitrogens is 1. The molecule has 2 atom stereocenters. The Morgan fingerprint density at radius 3 is 2.74 bits per heavy atom. The molecule has 0 aliphatic rings. The largest absolute Gasteiger partial charge is 0.496 e. The predicted molar refractivity (Wildman–Crippen MR) is 67.1 cm³/mol. The minimum absolute atomic E-state index is 0.155. The molecule has 2 unspecified atom stereocenters. The molecular weight excluding hydrogens is 249 g/mol. The molecule has 0 aliphatic heterocycles. The van der Waals surface area contributed by atoms with E-state index in [0.717, 1.165) is 0 Å². The number of nitrogens with one attached hydrogen (secondary N) is 2. The maximum Gasteiger partial charge on any atom is 0.191 e. The Labute approximate surface area is 110 Å². The van der Waals surface area contributed by atoms with Crippen molar-refractivity contribution in [2.45, 2.75) is 25.9 Å². The summed E-state index contributed by atoms with van der Waals surface area (Å²) in [7, 11) is 1.52. The van der Waals surface area contributed by atoms with Gasteiger partial charge in [0.15, 0.2) is 5.82 Å². The van der Waals surface area contributed by atoms with E-state index in [1.807, 2.05) is 13.8 Å². The summed E-state index contributed by atoms with van der Waals surface area (Å²) in [5, 5.41) is 16.9. The third-order valence-corrected chi connectivity index (χ3v) is 2.91. The highest BCUT2D eigenvalue weighted by Crippen LogP contribution is 2.28. The van der Waals surface area contributed by atoms with E-state index in [2.05, 4.69) is 25.9 Å². The second-order valence-corrected chi connectivity index (χ2v) is 4.24. The topological polar surface area (TPSA) is 75.7 Å². The molecule has 0 aliphatic carbocycles. The first-order valence-electron chi connectivity index (χ1n) is 5.95. The van der Waals surface area contributed by atoms with E-state index in [9.17, 15) is 4.39 Å². The van der Waals surface area contributed by atoms with Gasteiger partial charge in [0.1, 0.15) is 11.6 Å². The molecule has 0 fully saturated rings. The fraction of sp³-hybridized carbons (Fsp3) is 0.417. The van der Waals surface area contributed by atoms with E-state index in [4.69, 9.17) is 4.74 Å². The Kier molecular flexibility index (Phi) is 4.06. The van der Waals surface area contributed by atoms with Gasteiger partial charge in [-0.05, 0) is 26.0 Å². The van der Waals surface area contributed by atoms with Crippen LogP contribution in [0.3, 0.4) is 0 Å². The van der Waals surface area contributed by atoms with Gasteiger partial charge in [-0.25, -0.2) is 4.39 Å². The van der Waals surface area contributed by atoms with Crippen LogP contribution in [0.1, 0.15) is 37.3 Å². The van der Waals surface area contributed by atoms with Crippen molar-refractivity contribution in [2.75, 3.05) is 7.11 Å². The maximum absolute atomic E-state index is 13.9. The maximum atomic E-state index is 13.9. The Morgan fingerprint density at radius 2 is 2.11 bits per heavy atom. The van der Waals surface area contributed by atoms with E-state index in [-0.39, 0.29) is 17.9 Å². The smallest absolute Gasteiger partial charge is 0.191 e. The lowest BCUT2D eigenvalue weighted by Crippen LogP contribution is -2.24. The zero-order valence-corrected chi connectivity index (χ0v) is 11.0. The number of tetrazole rings is 1. The quantitative estimate of drug-likeness (QED) is 0.861. The molecule has 2 rings (SSSR count). The van der Waals surface area contributed by atoms with Crippen LogP contribution in [0.15, 0.2) is 18.2 Å². The van der Waals surface area contributed by atoms with E-state index in [1.165, 1.54) is 13.2 Å². The fourth-order valence-electron chi connectivity index (χ4n) is 2.00. The molecule has 0 radical (unpaired) electrons. The summed E-state index contributed by atoms with van der Waals surface area (Å²) < 4.78 is 19.1. The van der Waals surface area contributed by atoms with Crippen LogP contribution in [-0.4, -0.2) is 27.7 Å². The fourth-order valence-corrected chi connectivity index (χ4v) is 2.00. The number of methoxy groups -OCH3 is 1. The highest BCUT2D eigenvalue weighted by atomic mass is 19.1. The monoisotopic (exact) mass is 265 g/mol. The zero-order valence-electron chi connectivity index (χ0n) is 11.0. The average molecular weight is 265 g/mol. The Balaban J connectivity index is 2.18. The van der Waals surface area contributed by atoms with Gasteiger partial charge in [-0.2, -0.15) is 5.21 Å². The summed E-state index contributed by atoms with van der Waals surface area (Å²) in [5.41, 5.74) is 0.486. The Morgan fingerprint density at radius 1 is 1.32 bits per heavy atom. The lowest BCUT2D eigenvalue weighted by molar-refractivity contribution is 0.385. The first kappa shape index (κ1) is 13.4. The number of aromatic nitrogens is 4. The Bertz CT molecular complexity index is 531. The Hall–Kier alpha value is -2.02. The molecule has 0 spiro atoms. The number of hydrogen-bond donors (Lipinski definition) is 2. The summed E-state index contributed by atoms with van der Waals surface area (Å²) in [6, 6.07) is 4.36. The van der Waals surface area contributed by atoms with Crippen molar-refractivity contribution in [3.05, 3.63) is 35.4 Å². The molecule has 2 N–H and O–H groups in total. The molecule has 0 bridgehead atoms. The van der Waals surface area contributed by atoms with Crippen molar-refractivity contribution in [2.24, 2.45) is 0 Å². The van der Waals surface area contributed by atoms with E-state index in [0.29, 0.717) is 17.1 Å². The standard InChI is InChI=1S/C12H16FN5O/c1-7(14-8(2)12-15-17-18-16-12)11-9(13)5-4-6-10(11)19-3/h4-8,14H,1-3H3,(H,15,16,17,18). The van der Waals surface area contributed by atoms with Crippen molar-refractivity contribution in [3.8, 4) is 5.75 Å². The molecule has 0 saturated heterocycles. The minimum atomic E-state index is -0.306. The van der Waals surface area contributed by atoms with Crippen molar-refractivity contribution < 1.29 is 9.13 Å². The predicted octanol–water partition coefficient (Wildman–Crippen LogP) is 1.76. The summed E-state index contributed by atoms with van der Waals surface area (Å²) in [6.07, 6.45) is 0. The van der Waals surface area contributed by atoms with Crippen LogP contribution in [0, 0.1) is 5.82 Å².